The normalized spacial score (nSPS) is 13.3. The number of hydrogen-bond acceptors (Lipinski definition) is 2. The van der Waals surface area contributed by atoms with Crippen LogP contribution in [0.4, 0.5) is 34.1 Å². The summed E-state index contributed by atoms with van der Waals surface area (Å²) in [5, 5.41) is 2.55. The lowest BCUT2D eigenvalue weighted by Crippen LogP contribution is -2.17. The first-order chi connectivity index (χ1) is 38.2. The number of hydrogen-bond donors (Lipinski definition) is 0. The molecule has 0 heterocycles. The summed E-state index contributed by atoms with van der Waals surface area (Å²) in [6, 6.07) is 103. The van der Waals surface area contributed by atoms with E-state index in [4.69, 9.17) is 0 Å². The Morgan fingerprint density at radius 1 is 0.218 bits per heavy atom. The highest BCUT2D eigenvalue weighted by Gasteiger charge is 2.39. The van der Waals surface area contributed by atoms with Gasteiger partial charge in [-0.15, -0.1) is 0 Å². The van der Waals surface area contributed by atoms with Gasteiger partial charge in [0.1, 0.15) is 0 Å². The molecule has 0 saturated carbocycles. The first-order valence-corrected chi connectivity index (χ1v) is 27.3. The van der Waals surface area contributed by atoms with E-state index >= 15 is 0 Å². The molecule has 0 radical (unpaired) electrons. The fraction of sp³-hybridized carbons (Fsp3) is 0.0789. The minimum absolute atomic E-state index is 0.249. The molecule has 0 aliphatic heterocycles. The lowest BCUT2D eigenvalue weighted by molar-refractivity contribution is 0.660. The predicted octanol–water partition coefficient (Wildman–Crippen LogP) is 21.1. The lowest BCUT2D eigenvalue weighted by atomic mass is 9.80. The Morgan fingerprint density at radius 2 is 0.538 bits per heavy atom. The molecule has 0 spiro atoms. The molecule has 0 aromatic heterocycles. The van der Waals surface area contributed by atoms with Crippen molar-refractivity contribution in [3.8, 4) is 66.8 Å². The largest absolute Gasteiger partial charge is 0.310 e. The number of anilines is 6. The number of rotatable bonds is 10. The van der Waals surface area contributed by atoms with E-state index in [0.29, 0.717) is 0 Å². The van der Waals surface area contributed by atoms with Crippen LogP contribution in [0.3, 0.4) is 0 Å². The standard InChI is InChI=1S/C76H58N2/c1-75(2)69-47-57-46-68-64-40-38-62(78(60-33-21-10-22-34-60)74-42-36-56(52-25-13-6-14-26-52)44-66(74)54-29-17-8-18-30-54)50-72(64)76(3,4)70(68)48-58(57)45-67(69)63-39-37-61(49-71(63)75)77(59-31-19-9-20-32-59)73-41-35-55(51-23-11-5-12-24-51)43-65(73)53-27-15-7-16-28-53/h5-50H,1-4H3. The molecule has 2 heteroatoms. The van der Waals surface area contributed by atoms with Crippen LogP contribution < -0.4 is 9.80 Å². The van der Waals surface area contributed by atoms with Crippen LogP contribution in [-0.4, -0.2) is 0 Å². The summed E-state index contributed by atoms with van der Waals surface area (Å²) in [4.78, 5) is 4.90. The second kappa shape index (κ2) is 18.7. The van der Waals surface area contributed by atoms with E-state index in [-0.39, 0.29) is 10.8 Å². The number of benzene rings is 12. The Labute approximate surface area is 458 Å². The maximum absolute atomic E-state index is 2.50. The zero-order valence-corrected chi connectivity index (χ0v) is 44.5. The molecule has 0 amide bonds. The molecule has 0 N–H and O–H groups in total. The van der Waals surface area contributed by atoms with Gasteiger partial charge >= 0.3 is 0 Å². The van der Waals surface area contributed by atoms with E-state index in [9.17, 15) is 0 Å². The van der Waals surface area contributed by atoms with Crippen molar-refractivity contribution < 1.29 is 0 Å². The molecule has 0 atom stereocenters. The fourth-order valence-corrected chi connectivity index (χ4v) is 12.8. The van der Waals surface area contributed by atoms with Crippen molar-refractivity contribution in [2.24, 2.45) is 0 Å². The predicted molar refractivity (Wildman–Crippen MR) is 330 cm³/mol. The molecule has 78 heavy (non-hydrogen) atoms. The van der Waals surface area contributed by atoms with E-state index in [1.54, 1.807) is 0 Å². The molecule has 2 nitrogen and oxygen atoms in total. The molecule has 2 aliphatic carbocycles. The second-order valence-electron chi connectivity index (χ2n) is 22.1. The van der Waals surface area contributed by atoms with E-state index in [2.05, 4.69) is 317 Å². The molecular weight excluding hydrogens is 941 g/mol. The zero-order chi connectivity index (χ0) is 52.5. The molecule has 0 unspecified atom stereocenters. The summed E-state index contributed by atoms with van der Waals surface area (Å²) in [5.41, 5.74) is 26.5. The van der Waals surface area contributed by atoms with Gasteiger partial charge in [-0.05, 0) is 186 Å². The van der Waals surface area contributed by atoms with E-state index in [0.717, 1.165) is 34.1 Å². The van der Waals surface area contributed by atoms with Gasteiger partial charge in [0.05, 0.1) is 11.4 Å². The Hall–Kier alpha value is -9.50. The topological polar surface area (TPSA) is 6.48 Å². The van der Waals surface area contributed by atoms with Crippen molar-refractivity contribution >= 4 is 44.9 Å². The van der Waals surface area contributed by atoms with Crippen molar-refractivity contribution in [1.29, 1.82) is 0 Å². The van der Waals surface area contributed by atoms with E-state index in [1.807, 2.05) is 0 Å². The van der Waals surface area contributed by atoms with Crippen LogP contribution in [0.15, 0.2) is 279 Å². The average molecular weight is 999 g/mol. The highest BCUT2D eigenvalue weighted by Crippen LogP contribution is 2.56. The smallest absolute Gasteiger partial charge is 0.0540 e. The summed E-state index contributed by atoms with van der Waals surface area (Å²) in [6.07, 6.45) is 0. The van der Waals surface area contributed by atoms with Crippen molar-refractivity contribution in [3.63, 3.8) is 0 Å². The van der Waals surface area contributed by atoms with E-state index < -0.39 is 0 Å². The van der Waals surface area contributed by atoms with Crippen LogP contribution in [0.25, 0.3) is 77.5 Å². The van der Waals surface area contributed by atoms with Gasteiger partial charge in [0.2, 0.25) is 0 Å². The number of nitrogens with zero attached hydrogens (tertiary/aromatic N) is 2. The molecule has 14 rings (SSSR count). The molecule has 0 saturated heterocycles. The average Bonchev–Trinajstić information content (AvgIpc) is 4.11. The SMILES string of the molecule is CC1(C)c2cc(N(c3ccccc3)c3ccc(-c4ccccc4)cc3-c3ccccc3)ccc2-c2cc3cc4c(cc3cc21)-c1ccc(N(c2ccccc2)c2ccc(-c3ccccc3)cc2-c2ccccc2)cc1C4(C)C. The Balaban J connectivity index is 0.859. The monoisotopic (exact) mass is 998 g/mol. The van der Waals surface area contributed by atoms with Crippen LogP contribution in [0, 0.1) is 0 Å². The van der Waals surface area contributed by atoms with Crippen LogP contribution in [0.5, 0.6) is 0 Å². The molecule has 2 aliphatic rings. The minimum atomic E-state index is -0.249. The van der Waals surface area contributed by atoms with Gasteiger partial charge in [-0.1, -0.05) is 210 Å². The third-order valence-electron chi connectivity index (χ3n) is 16.8. The van der Waals surface area contributed by atoms with Crippen LogP contribution in [0.2, 0.25) is 0 Å². The minimum Gasteiger partial charge on any atom is -0.310 e. The quantitative estimate of drug-likeness (QED) is 0.135. The van der Waals surface area contributed by atoms with Crippen molar-refractivity contribution in [3.05, 3.63) is 301 Å². The molecule has 372 valence electrons. The van der Waals surface area contributed by atoms with Crippen LogP contribution >= 0.6 is 0 Å². The van der Waals surface area contributed by atoms with Gasteiger partial charge in [0.15, 0.2) is 0 Å². The summed E-state index contributed by atoms with van der Waals surface area (Å²) in [5.74, 6) is 0. The third kappa shape index (κ3) is 7.86. The maximum Gasteiger partial charge on any atom is 0.0540 e. The number of fused-ring (bicyclic) bond motifs is 7. The van der Waals surface area contributed by atoms with Gasteiger partial charge in [-0.2, -0.15) is 0 Å². The highest BCUT2D eigenvalue weighted by molar-refractivity contribution is 6.01. The van der Waals surface area contributed by atoms with Crippen molar-refractivity contribution in [2.45, 2.75) is 38.5 Å². The van der Waals surface area contributed by atoms with Crippen molar-refractivity contribution in [2.75, 3.05) is 9.80 Å². The molecule has 0 bridgehead atoms. The molecule has 12 aromatic carbocycles. The number of para-hydroxylation sites is 2. The fourth-order valence-electron chi connectivity index (χ4n) is 12.8. The Kier molecular flexibility index (Phi) is 11.2. The van der Waals surface area contributed by atoms with Gasteiger partial charge < -0.3 is 9.80 Å². The third-order valence-corrected chi connectivity index (χ3v) is 16.8. The van der Waals surface area contributed by atoms with Crippen LogP contribution in [-0.2, 0) is 10.8 Å². The summed E-state index contributed by atoms with van der Waals surface area (Å²) in [6.45, 7) is 9.64. The summed E-state index contributed by atoms with van der Waals surface area (Å²) < 4.78 is 0. The molecule has 12 aromatic rings. The summed E-state index contributed by atoms with van der Waals surface area (Å²) in [7, 11) is 0. The maximum atomic E-state index is 2.50. The highest BCUT2D eigenvalue weighted by atomic mass is 15.2. The second-order valence-corrected chi connectivity index (χ2v) is 22.1. The Morgan fingerprint density at radius 3 is 0.897 bits per heavy atom. The molecule has 0 fully saturated rings. The Bertz CT molecular complexity index is 3940. The van der Waals surface area contributed by atoms with E-state index in [1.165, 1.54) is 99.8 Å². The van der Waals surface area contributed by atoms with Crippen LogP contribution in [0.1, 0.15) is 49.9 Å². The zero-order valence-electron chi connectivity index (χ0n) is 44.5. The first-order valence-electron chi connectivity index (χ1n) is 27.3. The van der Waals surface area contributed by atoms with Gasteiger partial charge in [-0.25, -0.2) is 0 Å². The molecular formula is C76H58N2. The van der Waals surface area contributed by atoms with Crippen molar-refractivity contribution in [1.82, 2.24) is 0 Å². The summed E-state index contributed by atoms with van der Waals surface area (Å²) >= 11 is 0. The van der Waals surface area contributed by atoms with Gasteiger partial charge in [-0.3, -0.25) is 0 Å². The van der Waals surface area contributed by atoms with Gasteiger partial charge in [0, 0.05) is 44.7 Å². The first kappa shape index (κ1) is 47.0. The van der Waals surface area contributed by atoms with Gasteiger partial charge in [0.25, 0.3) is 0 Å². The lowest BCUT2D eigenvalue weighted by Gasteiger charge is -2.30.